The lowest BCUT2D eigenvalue weighted by Gasteiger charge is -2.01. The summed E-state index contributed by atoms with van der Waals surface area (Å²) in [5.74, 6) is 1.07. The lowest BCUT2D eigenvalue weighted by molar-refractivity contribution is 0.371. The number of aromatic nitrogens is 3. The van der Waals surface area contributed by atoms with Gasteiger partial charge in [0.05, 0.1) is 19.5 Å². The number of ether oxygens (including phenoxy) is 1. The Balaban J connectivity index is 2.57. The van der Waals surface area contributed by atoms with Crippen LogP contribution in [0.15, 0.2) is 16.9 Å². The summed E-state index contributed by atoms with van der Waals surface area (Å²) in [5, 5.41) is 7.62. The van der Waals surface area contributed by atoms with Crippen LogP contribution in [0.2, 0.25) is 0 Å². The molecule has 0 fully saturated rings. The molecule has 2 rings (SSSR count). The Labute approximate surface area is 80.2 Å². The number of hydrogen-bond donors (Lipinski definition) is 1. The van der Waals surface area contributed by atoms with Gasteiger partial charge in [0.2, 0.25) is 5.88 Å². The minimum absolute atomic E-state index is 0.469. The normalized spacial score (nSPS) is 10.4. The number of rotatable bonds is 2. The largest absolute Gasteiger partial charge is 0.481 e. The van der Waals surface area contributed by atoms with Crippen molar-refractivity contribution >= 4 is 5.69 Å². The summed E-state index contributed by atoms with van der Waals surface area (Å²) < 4.78 is 11.7. The molecule has 2 aromatic heterocycles. The van der Waals surface area contributed by atoms with Crippen molar-refractivity contribution < 1.29 is 9.26 Å². The molecule has 0 spiro atoms. The van der Waals surface area contributed by atoms with Gasteiger partial charge in [-0.15, -0.1) is 0 Å². The Hall–Kier alpha value is -1.98. The fourth-order valence-electron chi connectivity index (χ4n) is 1.28. The first kappa shape index (κ1) is 8.61. The van der Waals surface area contributed by atoms with Crippen LogP contribution < -0.4 is 10.5 Å². The predicted octanol–water partition coefficient (Wildman–Crippen LogP) is 0.666. The van der Waals surface area contributed by atoms with Gasteiger partial charge in [-0.1, -0.05) is 5.16 Å². The second-order valence-electron chi connectivity index (χ2n) is 2.80. The molecule has 0 radical (unpaired) electrons. The van der Waals surface area contributed by atoms with Gasteiger partial charge in [0.15, 0.2) is 5.76 Å². The van der Waals surface area contributed by atoms with Crippen LogP contribution in [-0.4, -0.2) is 22.0 Å². The van der Waals surface area contributed by atoms with E-state index < -0.39 is 0 Å². The monoisotopic (exact) mass is 194 g/mol. The summed E-state index contributed by atoms with van der Waals surface area (Å²) in [6.07, 6.45) is 3.07. The van der Waals surface area contributed by atoms with Crippen LogP contribution in [0.4, 0.5) is 5.69 Å². The summed E-state index contributed by atoms with van der Waals surface area (Å²) in [4.78, 5) is 0. The maximum Gasteiger partial charge on any atom is 0.222 e. The zero-order chi connectivity index (χ0) is 10.1. The average Bonchev–Trinajstić information content (AvgIpc) is 2.71. The SMILES string of the molecule is COc1c(-c2oncc2N)cnn1C. The average molecular weight is 194 g/mol. The highest BCUT2D eigenvalue weighted by molar-refractivity contribution is 5.73. The third-order valence-corrected chi connectivity index (χ3v) is 1.92. The molecule has 6 nitrogen and oxygen atoms in total. The minimum atomic E-state index is 0.469. The number of aryl methyl sites for hydroxylation is 1. The maximum atomic E-state index is 5.66. The molecule has 0 unspecified atom stereocenters. The first-order valence-corrected chi connectivity index (χ1v) is 4.00. The Morgan fingerprint density at radius 2 is 2.29 bits per heavy atom. The molecule has 2 aromatic rings. The van der Waals surface area contributed by atoms with Gasteiger partial charge in [-0.2, -0.15) is 5.10 Å². The van der Waals surface area contributed by atoms with Gasteiger partial charge in [-0.3, -0.25) is 0 Å². The van der Waals surface area contributed by atoms with Gasteiger partial charge in [-0.25, -0.2) is 4.68 Å². The maximum absolute atomic E-state index is 5.66. The second kappa shape index (κ2) is 3.06. The summed E-state index contributed by atoms with van der Waals surface area (Å²) in [6.45, 7) is 0. The molecule has 0 aromatic carbocycles. The Bertz CT molecular complexity index is 446. The molecular formula is C8H10N4O2. The Morgan fingerprint density at radius 3 is 2.86 bits per heavy atom. The molecule has 0 bridgehead atoms. The minimum Gasteiger partial charge on any atom is -0.481 e. The number of nitrogens with zero attached hydrogens (tertiary/aromatic N) is 3. The number of methoxy groups -OCH3 is 1. The summed E-state index contributed by atoms with van der Waals surface area (Å²) in [5.41, 5.74) is 6.82. The molecule has 0 saturated heterocycles. The molecular weight excluding hydrogens is 184 g/mol. The van der Waals surface area contributed by atoms with Gasteiger partial charge in [-0.05, 0) is 0 Å². The van der Waals surface area contributed by atoms with Crippen LogP contribution in [0.3, 0.4) is 0 Å². The Morgan fingerprint density at radius 1 is 1.50 bits per heavy atom. The van der Waals surface area contributed by atoms with E-state index in [1.165, 1.54) is 6.20 Å². The fraction of sp³-hybridized carbons (Fsp3) is 0.250. The van der Waals surface area contributed by atoms with E-state index in [0.29, 0.717) is 22.9 Å². The van der Waals surface area contributed by atoms with E-state index in [4.69, 9.17) is 15.0 Å². The van der Waals surface area contributed by atoms with E-state index in [-0.39, 0.29) is 0 Å². The van der Waals surface area contributed by atoms with Gasteiger partial charge < -0.3 is 15.0 Å². The Kier molecular flexibility index (Phi) is 1.88. The highest BCUT2D eigenvalue weighted by Gasteiger charge is 2.17. The fourth-order valence-corrected chi connectivity index (χ4v) is 1.28. The molecule has 0 atom stereocenters. The second-order valence-corrected chi connectivity index (χ2v) is 2.80. The molecule has 0 aliphatic heterocycles. The first-order valence-electron chi connectivity index (χ1n) is 4.00. The highest BCUT2D eigenvalue weighted by Crippen LogP contribution is 2.32. The highest BCUT2D eigenvalue weighted by atomic mass is 16.5. The molecule has 74 valence electrons. The number of hydrogen-bond acceptors (Lipinski definition) is 5. The molecule has 0 aliphatic rings. The third kappa shape index (κ3) is 1.12. The zero-order valence-corrected chi connectivity index (χ0v) is 7.89. The topological polar surface area (TPSA) is 79.1 Å². The number of nitrogen functional groups attached to an aromatic ring is 1. The van der Waals surface area contributed by atoms with E-state index in [1.807, 2.05) is 0 Å². The molecule has 0 saturated carbocycles. The van der Waals surface area contributed by atoms with Crippen molar-refractivity contribution in [1.82, 2.24) is 14.9 Å². The van der Waals surface area contributed by atoms with Crippen molar-refractivity contribution in [3.8, 4) is 17.2 Å². The number of nitrogens with two attached hydrogens (primary N) is 1. The molecule has 14 heavy (non-hydrogen) atoms. The van der Waals surface area contributed by atoms with Crippen molar-refractivity contribution in [2.75, 3.05) is 12.8 Å². The van der Waals surface area contributed by atoms with Crippen LogP contribution in [-0.2, 0) is 7.05 Å². The molecule has 2 N–H and O–H groups in total. The van der Waals surface area contributed by atoms with Crippen LogP contribution >= 0.6 is 0 Å². The molecule has 2 heterocycles. The van der Waals surface area contributed by atoms with E-state index in [9.17, 15) is 0 Å². The predicted molar refractivity (Wildman–Crippen MR) is 49.7 cm³/mol. The van der Waals surface area contributed by atoms with E-state index >= 15 is 0 Å². The first-order chi connectivity index (χ1) is 6.74. The standard InChI is InChI=1S/C8H10N4O2/c1-12-8(13-2)5(3-10-12)7-6(9)4-11-14-7/h3-4H,9H2,1-2H3. The van der Waals surface area contributed by atoms with Gasteiger partial charge >= 0.3 is 0 Å². The van der Waals surface area contributed by atoms with Gasteiger partial charge in [0, 0.05) is 7.05 Å². The quantitative estimate of drug-likeness (QED) is 0.759. The lowest BCUT2D eigenvalue weighted by Crippen LogP contribution is -1.95. The molecule has 0 amide bonds. The van der Waals surface area contributed by atoms with E-state index in [0.717, 1.165) is 0 Å². The summed E-state index contributed by atoms with van der Waals surface area (Å²) in [6, 6.07) is 0. The third-order valence-electron chi connectivity index (χ3n) is 1.92. The van der Waals surface area contributed by atoms with Crippen LogP contribution in [0, 0.1) is 0 Å². The van der Waals surface area contributed by atoms with Crippen molar-refractivity contribution in [3.05, 3.63) is 12.4 Å². The van der Waals surface area contributed by atoms with Crippen LogP contribution in [0.1, 0.15) is 0 Å². The van der Waals surface area contributed by atoms with Gasteiger partial charge in [0.25, 0.3) is 0 Å². The smallest absolute Gasteiger partial charge is 0.222 e. The van der Waals surface area contributed by atoms with Crippen LogP contribution in [0.5, 0.6) is 5.88 Å². The van der Waals surface area contributed by atoms with Crippen molar-refractivity contribution in [3.63, 3.8) is 0 Å². The lowest BCUT2D eigenvalue weighted by atomic mass is 10.2. The molecule has 0 aliphatic carbocycles. The summed E-state index contributed by atoms with van der Waals surface area (Å²) in [7, 11) is 3.34. The molecule has 6 heteroatoms. The number of anilines is 1. The summed E-state index contributed by atoms with van der Waals surface area (Å²) >= 11 is 0. The van der Waals surface area contributed by atoms with E-state index in [2.05, 4.69) is 10.3 Å². The van der Waals surface area contributed by atoms with Crippen molar-refractivity contribution in [2.45, 2.75) is 0 Å². The van der Waals surface area contributed by atoms with Gasteiger partial charge in [0.1, 0.15) is 11.3 Å². The van der Waals surface area contributed by atoms with Crippen LogP contribution in [0.25, 0.3) is 11.3 Å². The van der Waals surface area contributed by atoms with E-state index in [1.54, 1.807) is 25.0 Å². The zero-order valence-electron chi connectivity index (χ0n) is 7.89. The van der Waals surface area contributed by atoms with Crippen molar-refractivity contribution in [2.24, 2.45) is 7.05 Å². The van der Waals surface area contributed by atoms with Crippen molar-refractivity contribution in [1.29, 1.82) is 0 Å².